The number of aliphatic hydroxyl groups excluding tert-OH is 1. The number of hydrogen-bond acceptors (Lipinski definition) is 2. The summed E-state index contributed by atoms with van der Waals surface area (Å²) in [5, 5.41) is 18.4. The van der Waals surface area contributed by atoms with E-state index in [1.807, 2.05) is 6.07 Å². The Bertz CT molecular complexity index is 269. The number of phenols is 1. The van der Waals surface area contributed by atoms with Crippen molar-refractivity contribution in [1.82, 2.24) is 0 Å². The Morgan fingerprint density at radius 2 is 2.08 bits per heavy atom. The van der Waals surface area contributed by atoms with Gasteiger partial charge in [-0.15, -0.1) is 0 Å². The average Bonchev–Trinajstić information content (AvgIpc) is 2.17. The third-order valence-corrected chi connectivity index (χ3v) is 2.13. The van der Waals surface area contributed by atoms with E-state index in [0.717, 1.165) is 30.4 Å². The second-order valence-corrected chi connectivity index (χ2v) is 3.22. The predicted octanol–water partition coefficient (Wildman–Crippen LogP) is 2.23. The number of benzene rings is 1. The Hall–Kier alpha value is -1.02. The highest BCUT2D eigenvalue weighted by Gasteiger charge is 2.01. The van der Waals surface area contributed by atoms with E-state index in [0.29, 0.717) is 5.75 Å². The van der Waals surface area contributed by atoms with Crippen molar-refractivity contribution in [3.63, 3.8) is 0 Å². The van der Waals surface area contributed by atoms with E-state index in [2.05, 4.69) is 6.92 Å². The Kier molecular flexibility index (Phi) is 3.77. The van der Waals surface area contributed by atoms with Crippen LogP contribution in [-0.2, 0) is 13.0 Å². The normalized spacial score (nSPS) is 10.3. The largest absolute Gasteiger partial charge is 0.508 e. The van der Waals surface area contributed by atoms with Crippen LogP contribution in [0.15, 0.2) is 18.2 Å². The Labute approximate surface area is 78.8 Å². The molecule has 0 atom stereocenters. The smallest absolute Gasteiger partial charge is 0.118 e. The second kappa shape index (κ2) is 4.87. The molecular formula is C11H16O2. The zero-order chi connectivity index (χ0) is 9.68. The van der Waals surface area contributed by atoms with E-state index in [9.17, 15) is 5.11 Å². The van der Waals surface area contributed by atoms with E-state index < -0.39 is 0 Å². The van der Waals surface area contributed by atoms with Crippen molar-refractivity contribution >= 4 is 0 Å². The van der Waals surface area contributed by atoms with Crippen LogP contribution in [0.2, 0.25) is 0 Å². The minimum Gasteiger partial charge on any atom is -0.508 e. The molecule has 0 saturated heterocycles. The molecule has 0 aliphatic rings. The molecule has 2 N–H and O–H groups in total. The van der Waals surface area contributed by atoms with Crippen LogP contribution in [0, 0.1) is 0 Å². The number of phenolic OH excluding ortho intramolecular Hbond substituents is 1. The van der Waals surface area contributed by atoms with Crippen molar-refractivity contribution in [2.24, 2.45) is 0 Å². The van der Waals surface area contributed by atoms with E-state index in [1.54, 1.807) is 12.1 Å². The monoisotopic (exact) mass is 180 g/mol. The molecule has 0 spiro atoms. The lowest BCUT2D eigenvalue weighted by Gasteiger charge is -2.05. The lowest BCUT2D eigenvalue weighted by Crippen LogP contribution is -1.89. The van der Waals surface area contributed by atoms with E-state index in [1.165, 1.54) is 0 Å². The van der Waals surface area contributed by atoms with Gasteiger partial charge >= 0.3 is 0 Å². The first-order chi connectivity index (χ1) is 6.27. The zero-order valence-electron chi connectivity index (χ0n) is 7.95. The van der Waals surface area contributed by atoms with Gasteiger partial charge in [-0.1, -0.05) is 19.4 Å². The molecule has 0 amide bonds. The first-order valence-electron chi connectivity index (χ1n) is 4.69. The standard InChI is InChI=1S/C11H16O2/c1-2-3-4-10-7-9(8-12)5-6-11(10)13/h5-7,12-13H,2-4,8H2,1H3. The van der Waals surface area contributed by atoms with Crippen LogP contribution >= 0.6 is 0 Å². The lowest BCUT2D eigenvalue weighted by molar-refractivity contribution is 0.281. The molecule has 0 bridgehead atoms. The minimum atomic E-state index is 0.0411. The van der Waals surface area contributed by atoms with Gasteiger partial charge in [-0.05, 0) is 36.1 Å². The SMILES string of the molecule is CCCCc1cc(CO)ccc1O. The molecule has 0 aliphatic carbocycles. The maximum atomic E-state index is 9.48. The third-order valence-electron chi connectivity index (χ3n) is 2.13. The quantitative estimate of drug-likeness (QED) is 0.746. The summed E-state index contributed by atoms with van der Waals surface area (Å²) in [5.41, 5.74) is 1.80. The molecule has 2 heteroatoms. The predicted molar refractivity (Wildman–Crippen MR) is 52.6 cm³/mol. The Balaban J connectivity index is 2.78. The van der Waals surface area contributed by atoms with Crippen molar-refractivity contribution in [1.29, 1.82) is 0 Å². The fraction of sp³-hybridized carbons (Fsp3) is 0.455. The van der Waals surface area contributed by atoms with Crippen LogP contribution in [0.5, 0.6) is 5.75 Å². The summed E-state index contributed by atoms with van der Waals surface area (Å²) in [6.45, 7) is 2.16. The van der Waals surface area contributed by atoms with Crippen molar-refractivity contribution < 1.29 is 10.2 Å². The first kappa shape index (κ1) is 10.1. The van der Waals surface area contributed by atoms with E-state index >= 15 is 0 Å². The van der Waals surface area contributed by atoms with Crippen LogP contribution in [-0.4, -0.2) is 10.2 Å². The van der Waals surface area contributed by atoms with E-state index in [-0.39, 0.29) is 6.61 Å². The van der Waals surface area contributed by atoms with Crippen LogP contribution in [0.3, 0.4) is 0 Å². The first-order valence-corrected chi connectivity index (χ1v) is 4.69. The van der Waals surface area contributed by atoms with Crippen molar-refractivity contribution in [3.8, 4) is 5.75 Å². The summed E-state index contributed by atoms with van der Waals surface area (Å²) < 4.78 is 0. The molecule has 0 unspecified atom stereocenters. The Morgan fingerprint density at radius 3 is 2.69 bits per heavy atom. The van der Waals surface area contributed by atoms with Gasteiger partial charge in [-0.25, -0.2) is 0 Å². The minimum absolute atomic E-state index is 0.0411. The lowest BCUT2D eigenvalue weighted by atomic mass is 10.0. The molecule has 13 heavy (non-hydrogen) atoms. The highest BCUT2D eigenvalue weighted by Crippen LogP contribution is 2.20. The number of aliphatic hydroxyl groups is 1. The number of aryl methyl sites for hydroxylation is 1. The van der Waals surface area contributed by atoms with Gasteiger partial charge in [0, 0.05) is 0 Å². The molecule has 0 saturated carbocycles. The van der Waals surface area contributed by atoms with Gasteiger partial charge < -0.3 is 10.2 Å². The summed E-state index contributed by atoms with van der Waals surface area (Å²) in [7, 11) is 0. The molecule has 0 aromatic heterocycles. The summed E-state index contributed by atoms with van der Waals surface area (Å²) >= 11 is 0. The number of hydrogen-bond donors (Lipinski definition) is 2. The van der Waals surface area contributed by atoms with Crippen LogP contribution < -0.4 is 0 Å². The fourth-order valence-electron chi connectivity index (χ4n) is 1.30. The number of aromatic hydroxyl groups is 1. The molecule has 72 valence electrons. The van der Waals surface area contributed by atoms with Gasteiger partial charge in [0.1, 0.15) is 5.75 Å². The van der Waals surface area contributed by atoms with Gasteiger partial charge in [-0.2, -0.15) is 0 Å². The summed E-state index contributed by atoms with van der Waals surface area (Å²) in [5.74, 6) is 0.339. The average molecular weight is 180 g/mol. The molecule has 0 fully saturated rings. The number of rotatable bonds is 4. The van der Waals surface area contributed by atoms with Crippen LogP contribution in [0.4, 0.5) is 0 Å². The topological polar surface area (TPSA) is 40.5 Å². The van der Waals surface area contributed by atoms with Crippen molar-refractivity contribution in [2.75, 3.05) is 0 Å². The molecular weight excluding hydrogens is 164 g/mol. The van der Waals surface area contributed by atoms with Gasteiger partial charge in [-0.3, -0.25) is 0 Å². The van der Waals surface area contributed by atoms with Crippen molar-refractivity contribution in [2.45, 2.75) is 32.8 Å². The van der Waals surface area contributed by atoms with Gasteiger partial charge in [0.15, 0.2) is 0 Å². The van der Waals surface area contributed by atoms with Crippen molar-refractivity contribution in [3.05, 3.63) is 29.3 Å². The van der Waals surface area contributed by atoms with Gasteiger partial charge in [0.2, 0.25) is 0 Å². The summed E-state index contributed by atoms with van der Waals surface area (Å²) in [4.78, 5) is 0. The van der Waals surface area contributed by atoms with Gasteiger partial charge in [0.25, 0.3) is 0 Å². The highest BCUT2D eigenvalue weighted by atomic mass is 16.3. The second-order valence-electron chi connectivity index (χ2n) is 3.22. The van der Waals surface area contributed by atoms with Gasteiger partial charge in [0.05, 0.1) is 6.61 Å². The Morgan fingerprint density at radius 1 is 1.31 bits per heavy atom. The fourth-order valence-corrected chi connectivity index (χ4v) is 1.30. The summed E-state index contributed by atoms with van der Waals surface area (Å²) in [6.07, 6.45) is 3.07. The third kappa shape index (κ3) is 2.74. The van der Waals surface area contributed by atoms with Crippen LogP contribution in [0.1, 0.15) is 30.9 Å². The molecule has 1 aromatic carbocycles. The molecule has 2 nitrogen and oxygen atoms in total. The summed E-state index contributed by atoms with van der Waals surface area (Å²) in [6, 6.07) is 5.26. The number of unbranched alkanes of at least 4 members (excludes halogenated alkanes) is 1. The molecule has 1 aromatic rings. The van der Waals surface area contributed by atoms with E-state index in [4.69, 9.17) is 5.11 Å². The maximum Gasteiger partial charge on any atom is 0.118 e. The highest BCUT2D eigenvalue weighted by molar-refractivity contribution is 5.35. The molecule has 0 aliphatic heterocycles. The zero-order valence-corrected chi connectivity index (χ0v) is 7.95. The molecule has 0 radical (unpaired) electrons. The molecule has 0 heterocycles. The molecule has 1 rings (SSSR count). The maximum absolute atomic E-state index is 9.48. The van der Waals surface area contributed by atoms with Crippen LogP contribution in [0.25, 0.3) is 0 Å².